The van der Waals surface area contributed by atoms with Gasteiger partial charge < -0.3 is 5.32 Å². The number of hydrogen-bond donors (Lipinski definition) is 1. The molecule has 3 rings (SSSR count). The third-order valence-corrected chi connectivity index (χ3v) is 8.71. The van der Waals surface area contributed by atoms with E-state index in [2.05, 4.69) is 5.32 Å². The summed E-state index contributed by atoms with van der Waals surface area (Å²) >= 11 is 0. The van der Waals surface area contributed by atoms with Crippen molar-refractivity contribution in [3.05, 3.63) is 54.6 Å². The van der Waals surface area contributed by atoms with Crippen LogP contribution in [0.25, 0.3) is 0 Å². The van der Waals surface area contributed by atoms with Gasteiger partial charge >= 0.3 is 0 Å². The Morgan fingerprint density at radius 1 is 1.00 bits per heavy atom. The summed E-state index contributed by atoms with van der Waals surface area (Å²) in [6.07, 6.45) is 1.68. The standard InChI is InChI=1S/C21H26N2O5S2/c1-17-6-5-14-23(16-17)30(27,28)20-11-9-18(10-12-20)22-21(24)13-15-29(25,26)19-7-3-2-4-8-19/h2-4,7-12,17H,5-6,13-16H2,1H3,(H,22,24). The van der Waals surface area contributed by atoms with Crippen LogP contribution in [0.5, 0.6) is 0 Å². The maximum Gasteiger partial charge on any atom is 0.243 e. The summed E-state index contributed by atoms with van der Waals surface area (Å²) in [5.74, 6) is -0.420. The first-order chi connectivity index (χ1) is 14.2. The average molecular weight is 451 g/mol. The molecule has 9 heteroatoms. The highest BCUT2D eigenvalue weighted by Crippen LogP contribution is 2.24. The third kappa shape index (κ3) is 5.47. The molecule has 1 fully saturated rings. The van der Waals surface area contributed by atoms with Crippen LogP contribution in [-0.4, -0.2) is 45.9 Å². The highest BCUT2D eigenvalue weighted by Gasteiger charge is 2.28. The molecule has 2 aromatic rings. The van der Waals surface area contributed by atoms with Gasteiger partial charge in [0.2, 0.25) is 15.9 Å². The maximum absolute atomic E-state index is 12.8. The minimum absolute atomic E-state index is 0.180. The van der Waals surface area contributed by atoms with Crippen molar-refractivity contribution in [2.24, 2.45) is 5.92 Å². The van der Waals surface area contributed by atoms with Crippen molar-refractivity contribution < 1.29 is 21.6 Å². The van der Waals surface area contributed by atoms with E-state index >= 15 is 0 Å². The molecule has 162 valence electrons. The van der Waals surface area contributed by atoms with Crippen LogP contribution in [0.15, 0.2) is 64.4 Å². The highest BCUT2D eigenvalue weighted by molar-refractivity contribution is 7.91. The van der Waals surface area contributed by atoms with Gasteiger partial charge in [-0.1, -0.05) is 25.1 Å². The Bertz CT molecular complexity index is 1080. The number of amides is 1. The lowest BCUT2D eigenvalue weighted by Crippen LogP contribution is -2.39. The Morgan fingerprint density at radius 2 is 1.67 bits per heavy atom. The normalized spacial score (nSPS) is 18.1. The van der Waals surface area contributed by atoms with Gasteiger partial charge in [-0.15, -0.1) is 0 Å². The van der Waals surface area contributed by atoms with Crippen LogP contribution in [0.3, 0.4) is 0 Å². The summed E-state index contributed by atoms with van der Waals surface area (Å²) in [4.78, 5) is 12.5. The summed E-state index contributed by atoms with van der Waals surface area (Å²) < 4.78 is 51.6. The molecular weight excluding hydrogens is 424 g/mol. The summed E-state index contributed by atoms with van der Waals surface area (Å²) in [6, 6.07) is 13.9. The quantitative estimate of drug-likeness (QED) is 0.699. The van der Waals surface area contributed by atoms with Gasteiger partial charge in [0.05, 0.1) is 15.5 Å². The van der Waals surface area contributed by atoms with Gasteiger partial charge in [0, 0.05) is 25.2 Å². The van der Waals surface area contributed by atoms with E-state index in [1.165, 1.54) is 40.7 Å². The molecule has 0 aliphatic carbocycles. The number of piperidine rings is 1. The molecule has 1 heterocycles. The van der Waals surface area contributed by atoms with Crippen molar-refractivity contribution in [1.29, 1.82) is 0 Å². The lowest BCUT2D eigenvalue weighted by atomic mass is 10.0. The molecule has 30 heavy (non-hydrogen) atoms. The van der Waals surface area contributed by atoms with E-state index < -0.39 is 25.8 Å². The number of benzene rings is 2. The zero-order valence-corrected chi connectivity index (χ0v) is 18.5. The number of sulfone groups is 1. The van der Waals surface area contributed by atoms with Crippen LogP contribution in [0, 0.1) is 5.92 Å². The second kappa shape index (κ2) is 9.28. The summed E-state index contributed by atoms with van der Waals surface area (Å²) in [5.41, 5.74) is 0.420. The summed E-state index contributed by atoms with van der Waals surface area (Å²) in [7, 11) is -7.10. The van der Waals surface area contributed by atoms with Gasteiger partial charge in [0.25, 0.3) is 0 Å². The smallest absolute Gasteiger partial charge is 0.243 e. The molecular formula is C21H26N2O5S2. The van der Waals surface area contributed by atoms with Crippen molar-refractivity contribution in [3.63, 3.8) is 0 Å². The van der Waals surface area contributed by atoms with Crippen molar-refractivity contribution in [3.8, 4) is 0 Å². The molecule has 1 unspecified atom stereocenters. The monoisotopic (exact) mass is 450 g/mol. The van der Waals surface area contributed by atoms with Crippen LogP contribution >= 0.6 is 0 Å². The predicted octanol–water partition coefficient (Wildman–Crippen LogP) is 2.91. The third-order valence-electron chi connectivity index (χ3n) is 5.10. The van der Waals surface area contributed by atoms with Gasteiger partial charge in [-0.2, -0.15) is 4.31 Å². The fourth-order valence-electron chi connectivity index (χ4n) is 3.42. The maximum atomic E-state index is 12.8. The van der Waals surface area contributed by atoms with Crippen LogP contribution in [0.1, 0.15) is 26.2 Å². The molecule has 0 saturated carbocycles. The number of carbonyl (C=O) groups is 1. The molecule has 1 atom stereocenters. The second-order valence-electron chi connectivity index (χ2n) is 7.56. The average Bonchev–Trinajstić information content (AvgIpc) is 2.73. The Balaban J connectivity index is 1.59. The second-order valence-corrected chi connectivity index (χ2v) is 11.6. The number of nitrogens with one attached hydrogen (secondary N) is 1. The van der Waals surface area contributed by atoms with Crippen molar-refractivity contribution in [1.82, 2.24) is 4.31 Å². The molecule has 1 aliphatic rings. The number of nitrogens with zero attached hydrogens (tertiary/aromatic N) is 1. The van der Waals surface area contributed by atoms with E-state index in [9.17, 15) is 21.6 Å². The van der Waals surface area contributed by atoms with Crippen LogP contribution in [0.4, 0.5) is 5.69 Å². The Labute approximate surface area is 178 Å². The molecule has 1 saturated heterocycles. The Kier molecular flexibility index (Phi) is 6.95. The van der Waals surface area contributed by atoms with Gasteiger partial charge in [-0.05, 0) is 55.2 Å². The molecule has 0 aromatic heterocycles. The zero-order valence-electron chi connectivity index (χ0n) is 16.8. The lowest BCUT2D eigenvalue weighted by molar-refractivity contribution is -0.115. The van der Waals surface area contributed by atoms with Gasteiger partial charge in [-0.25, -0.2) is 16.8 Å². The molecule has 1 N–H and O–H groups in total. The number of carbonyl (C=O) groups excluding carboxylic acids is 1. The van der Waals surface area contributed by atoms with Crippen molar-refractivity contribution in [2.75, 3.05) is 24.2 Å². The minimum atomic E-state index is -3.56. The first kappa shape index (κ1) is 22.5. The molecule has 0 radical (unpaired) electrons. The lowest BCUT2D eigenvalue weighted by Gasteiger charge is -2.30. The van der Waals surface area contributed by atoms with Crippen LogP contribution < -0.4 is 5.32 Å². The van der Waals surface area contributed by atoms with Gasteiger partial charge in [0.15, 0.2) is 9.84 Å². The summed E-state index contributed by atoms with van der Waals surface area (Å²) in [6.45, 7) is 3.07. The SMILES string of the molecule is CC1CCCN(S(=O)(=O)c2ccc(NC(=O)CCS(=O)(=O)c3ccccc3)cc2)C1. The molecule has 7 nitrogen and oxygen atoms in total. The Morgan fingerprint density at radius 3 is 2.30 bits per heavy atom. The van der Waals surface area contributed by atoms with E-state index in [1.54, 1.807) is 18.2 Å². The highest BCUT2D eigenvalue weighted by atomic mass is 32.2. The molecule has 0 bridgehead atoms. The first-order valence-corrected chi connectivity index (χ1v) is 13.0. The molecule has 1 amide bonds. The predicted molar refractivity (Wildman–Crippen MR) is 115 cm³/mol. The van der Waals surface area contributed by atoms with E-state index in [1.807, 2.05) is 6.92 Å². The zero-order chi connectivity index (χ0) is 21.8. The van der Waals surface area contributed by atoms with Crippen LogP contribution in [-0.2, 0) is 24.7 Å². The molecule has 2 aromatic carbocycles. The van der Waals surface area contributed by atoms with Crippen molar-refractivity contribution >= 4 is 31.5 Å². The van der Waals surface area contributed by atoms with Gasteiger partial charge in [-0.3, -0.25) is 4.79 Å². The van der Waals surface area contributed by atoms with Gasteiger partial charge in [0.1, 0.15) is 0 Å². The number of sulfonamides is 1. The minimum Gasteiger partial charge on any atom is -0.326 e. The summed E-state index contributed by atoms with van der Waals surface area (Å²) in [5, 5.41) is 2.62. The molecule has 1 aliphatic heterocycles. The fraction of sp³-hybridized carbons (Fsp3) is 0.381. The molecule has 0 spiro atoms. The number of anilines is 1. The topological polar surface area (TPSA) is 101 Å². The number of rotatable bonds is 7. The van der Waals surface area contributed by atoms with E-state index in [0.717, 1.165) is 12.8 Å². The first-order valence-electron chi connectivity index (χ1n) is 9.86. The van der Waals surface area contributed by atoms with Crippen LogP contribution in [0.2, 0.25) is 0 Å². The van der Waals surface area contributed by atoms with Crippen molar-refractivity contribution in [2.45, 2.75) is 36.0 Å². The van der Waals surface area contributed by atoms with E-state index in [4.69, 9.17) is 0 Å². The van der Waals surface area contributed by atoms with E-state index in [0.29, 0.717) is 24.7 Å². The fourth-order valence-corrected chi connectivity index (χ4v) is 6.28. The number of hydrogen-bond acceptors (Lipinski definition) is 5. The van der Waals surface area contributed by atoms with E-state index in [-0.39, 0.29) is 22.0 Å². The largest absolute Gasteiger partial charge is 0.326 e. The Hall–Kier alpha value is -2.23.